The fourth-order valence-corrected chi connectivity index (χ4v) is 5.59. The van der Waals surface area contributed by atoms with Crippen molar-refractivity contribution in [3.63, 3.8) is 0 Å². The van der Waals surface area contributed by atoms with E-state index in [4.69, 9.17) is 19.4 Å². The van der Waals surface area contributed by atoms with E-state index in [1.165, 1.54) is 23.8 Å². The van der Waals surface area contributed by atoms with Crippen molar-refractivity contribution in [3.05, 3.63) is 69.9 Å². The van der Waals surface area contributed by atoms with E-state index < -0.39 is 0 Å². The van der Waals surface area contributed by atoms with Crippen LogP contribution < -0.4 is 9.64 Å². The molecule has 0 aliphatic carbocycles. The topological polar surface area (TPSA) is 67.8 Å². The lowest BCUT2D eigenvalue weighted by molar-refractivity contribution is -0.142. The van der Waals surface area contributed by atoms with Crippen molar-refractivity contribution < 1.29 is 14.3 Å². The van der Waals surface area contributed by atoms with E-state index in [1.807, 2.05) is 0 Å². The summed E-state index contributed by atoms with van der Waals surface area (Å²) in [4.78, 5) is 26.9. The number of esters is 1. The molecule has 1 saturated heterocycles. The fraction of sp³-hybridized carbons (Fsp3) is 0.500. The number of carbonyl (C=O) groups is 1. The number of anilines is 1. The highest BCUT2D eigenvalue weighted by Crippen LogP contribution is 2.33. The Hall–Kier alpha value is -3.45. The third-order valence-electron chi connectivity index (χ3n) is 8.29. The van der Waals surface area contributed by atoms with Gasteiger partial charge in [-0.05, 0) is 67.9 Å². The maximum absolute atomic E-state index is 12.0. The summed E-state index contributed by atoms with van der Waals surface area (Å²) in [7, 11) is 1.44. The Morgan fingerprint density at radius 2 is 1.76 bits per heavy atom. The molecule has 0 amide bonds. The van der Waals surface area contributed by atoms with Gasteiger partial charge in [0.25, 0.3) is 0 Å². The summed E-state index contributed by atoms with van der Waals surface area (Å²) >= 11 is 0. The van der Waals surface area contributed by atoms with Gasteiger partial charge in [0.15, 0.2) is 5.82 Å². The van der Waals surface area contributed by atoms with Crippen LogP contribution in [0.2, 0.25) is 0 Å². The number of hydrogen-bond acceptors (Lipinski definition) is 7. The van der Waals surface area contributed by atoms with E-state index >= 15 is 0 Å². The van der Waals surface area contributed by atoms with Gasteiger partial charge in [-0.1, -0.05) is 58.0 Å². The average molecular weight is 559 g/mol. The Kier molecular flexibility index (Phi) is 10.0. The number of ether oxygens (including phenoxy) is 2. The van der Waals surface area contributed by atoms with Gasteiger partial charge in [0.1, 0.15) is 18.2 Å². The second-order valence-corrected chi connectivity index (χ2v) is 11.4. The van der Waals surface area contributed by atoms with Gasteiger partial charge in [0, 0.05) is 31.2 Å². The molecular weight excluding hydrogens is 512 g/mol. The zero-order chi connectivity index (χ0) is 29.7. The summed E-state index contributed by atoms with van der Waals surface area (Å²) in [5, 5.41) is 0. The Morgan fingerprint density at radius 3 is 2.37 bits per heavy atom. The van der Waals surface area contributed by atoms with Crippen molar-refractivity contribution in [1.29, 1.82) is 0 Å². The lowest BCUT2D eigenvalue weighted by atomic mass is 9.96. The van der Waals surface area contributed by atoms with E-state index in [0.717, 1.165) is 72.3 Å². The zero-order valence-electron chi connectivity index (χ0n) is 26.1. The van der Waals surface area contributed by atoms with Crippen LogP contribution in [0.3, 0.4) is 0 Å². The molecule has 7 heteroatoms. The van der Waals surface area contributed by atoms with Gasteiger partial charge in [-0.3, -0.25) is 9.69 Å². The summed E-state index contributed by atoms with van der Waals surface area (Å²) in [6, 6.07) is 13.1. The van der Waals surface area contributed by atoms with Crippen LogP contribution >= 0.6 is 0 Å². The van der Waals surface area contributed by atoms with Crippen LogP contribution in [0.5, 0.6) is 5.75 Å². The number of benzene rings is 2. The van der Waals surface area contributed by atoms with E-state index in [1.54, 1.807) is 0 Å². The Balaban J connectivity index is 1.75. The third kappa shape index (κ3) is 6.89. The molecule has 1 unspecified atom stereocenters. The molecule has 0 spiro atoms. The average Bonchev–Trinajstić information content (AvgIpc) is 2.97. The minimum Gasteiger partial charge on any atom is -0.488 e. The van der Waals surface area contributed by atoms with Crippen LogP contribution in [0, 0.1) is 13.8 Å². The molecule has 3 aromatic rings. The SMILES string of the molecule is CCc1cccc(CC)c1-c1nc(C)c(COc2cc(C(C)C)ccc2C)c(N2CCN(CC(=O)OC)C(C)C2)n1. The Morgan fingerprint density at radius 1 is 1.05 bits per heavy atom. The molecule has 1 aliphatic heterocycles. The van der Waals surface area contributed by atoms with Crippen molar-refractivity contribution in [2.24, 2.45) is 0 Å². The van der Waals surface area contributed by atoms with E-state index in [2.05, 4.69) is 94.7 Å². The molecule has 1 aliphatic rings. The second-order valence-electron chi connectivity index (χ2n) is 11.4. The molecule has 41 heavy (non-hydrogen) atoms. The van der Waals surface area contributed by atoms with Crippen LogP contribution in [0.15, 0.2) is 36.4 Å². The van der Waals surface area contributed by atoms with Crippen molar-refractivity contribution in [2.45, 2.75) is 79.9 Å². The number of rotatable bonds is 10. The molecule has 1 atom stereocenters. The highest BCUT2D eigenvalue weighted by atomic mass is 16.5. The number of hydrogen-bond donors (Lipinski definition) is 0. The Bertz CT molecular complexity index is 1350. The normalized spacial score (nSPS) is 15.8. The minimum atomic E-state index is -0.207. The van der Waals surface area contributed by atoms with Gasteiger partial charge >= 0.3 is 5.97 Å². The molecule has 1 fully saturated rings. The van der Waals surface area contributed by atoms with Crippen LogP contribution in [0.4, 0.5) is 5.82 Å². The predicted octanol–water partition coefficient (Wildman–Crippen LogP) is 6.27. The van der Waals surface area contributed by atoms with Gasteiger partial charge in [0.05, 0.1) is 24.9 Å². The monoisotopic (exact) mass is 558 g/mol. The summed E-state index contributed by atoms with van der Waals surface area (Å²) in [6.07, 6.45) is 1.83. The molecule has 2 aromatic carbocycles. The molecule has 0 saturated carbocycles. The first-order valence-corrected chi connectivity index (χ1v) is 14.9. The van der Waals surface area contributed by atoms with Crippen molar-refractivity contribution in [3.8, 4) is 17.1 Å². The van der Waals surface area contributed by atoms with Gasteiger partial charge < -0.3 is 14.4 Å². The fourth-order valence-electron chi connectivity index (χ4n) is 5.59. The molecule has 2 heterocycles. The number of piperazine rings is 1. The molecule has 4 rings (SSSR count). The summed E-state index contributed by atoms with van der Waals surface area (Å²) in [5.41, 5.74) is 7.97. The third-order valence-corrected chi connectivity index (χ3v) is 8.29. The lowest BCUT2D eigenvalue weighted by Crippen LogP contribution is -2.53. The van der Waals surface area contributed by atoms with Gasteiger partial charge in [-0.15, -0.1) is 0 Å². The number of methoxy groups -OCH3 is 1. The molecule has 0 bridgehead atoms. The van der Waals surface area contributed by atoms with Gasteiger partial charge in [-0.25, -0.2) is 9.97 Å². The number of aryl methyl sites for hydroxylation is 4. The maximum Gasteiger partial charge on any atom is 0.319 e. The lowest BCUT2D eigenvalue weighted by Gasteiger charge is -2.40. The minimum absolute atomic E-state index is 0.162. The van der Waals surface area contributed by atoms with Crippen LogP contribution in [-0.4, -0.2) is 60.2 Å². The van der Waals surface area contributed by atoms with E-state index in [-0.39, 0.29) is 12.0 Å². The zero-order valence-corrected chi connectivity index (χ0v) is 26.1. The summed E-state index contributed by atoms with van der Waals surface area (Å²) in [5.74, 6) is 2.81. The largest absolute Gasteiger partial charge is 0.488 e. The van der Waals surface area contributed by atoms with Crippen LogP contribution in [-0.2, 0) is 29.0 Å². The van der Waals surface area contributed by atoms with Crippen LogP contribution in [0.1, 0.15) is 74.0 Å². The van der Waals surface area contributed by atoms with E-state index in [0.29, 0.717) is 19.1 Å². The van der Waals surface area contributed by atoms with Crippen LogP contribution in [0.25, 0.3) is 11.4 Å². The summed E-state index contributed by atoms with van der Waals surface area (Å²) in [6.45, 7) is 18.0. The first-order chi connectivity index (χ1) is 19.7. The molecule has 1 aromatic heterocycles. The van der Waals surface area contributed by atoms with Crippen molar-refractivity contribution in [1.82, 2.24) is 14.9 Å². The molecule has 0 radical (unpaired) electrons. The number of aromatic nitrogens is 2. The van der Waals surface area contributed by atoms with Gasteiger partial charge in [-0.2, -0.15) is 0 Å². The number of nitrogens with zero attached hydrogens (tertiary/aromatic N) is 4. The maximum atomic E-state index is 12.0. The summed E-state index contributed by atoms with van der Waals surface area (Å²) < 4.78 is 11.4. The van der Waals surface area contributed by atoms with Crippen molar-refractivity contribution in [2.75, 3.05) is 38.2 Å². The van der Waals surface area contributed by atoms with Crippen molar-refractivity contribution >= 4 is 11.8 Å². The first kappa shape index (κ1) is 30.5. The highest BCUT2D eigenvalue weighted by molar-refractivity contribution is 5.71. The first-order valence-electron chi connectivity index (χ1n) is 14.9. The quantitative estimate of drug-likeness (QED) is 0.272. The highest BCUT2D eigenvalue weighted by Gasteiger charge is 2.29. The smallest absolute Gasteiger partial charge is 0.319 e. The van der Waals surface area contributed by atoms with E-state index in [9.17, 15) is 4.79 Å². The van der Waals surface area contributed by atoms with Gasteiger partial charge in [0.2, 0.25) is 0 Å². The molecule has 220 valence electrons. The standard InChI is InChI=1S/C34H46N4O3/c1-9-26-12-11-13-27(10-2)32(26)33-35-25(7)29(21-41-30-18-28(22(3)4)15-14-23(30)5)34(36-33)38-17-16-37(24(6)19-38)20-31(39)40-8/h11-15,18,22,24H,9-10,16-17,19-21H2,1-8H3. The molecule has 0 N–H and O–H groups in total. The molecular formula is C34H46N4O3. The second kappa shape index (κ2) is 13.5. The Labute approximate surface area is 245 Å². The predicted molar refractivity (Wildman–Crippen MR) is 166 cm³/mol. The molecule has 7 nitrogen and oxygen atoms in total. The number of carbonyl (C=O) groups excluding carboxylic acids is 1.